The zero-order valence-electron chi connectivity index (χ0n) is 14.9. The average Bonchev–Trinajstić information content (AvgIpc) is 3.15. The molecule has 0 radical (unpaired) electrons. The Bertz CT molecular complexity index is 1050. The van der Waals surface area contributed by atoms with Crippen LogP contribution in [-0.2, 0) is 4.79 Å². The van der Waals surface area contributed by atoms with E-state index in [9.17, 15) is 4.79 Å². The SMILES string of the molecule is C=CCN1C(=O)C(=C2Sc3ccc(Cl)cc3N2C)SC1=Nc1ccccc1Cl. The van der Waals surface area contributed by atoms with Gasteiger partial charge in [0.1, 0.15) is 4.91 Å². The number of para-hydroxylation sites is 1. The Balaban J connectivity index is 1.76. The first-order valence-electron chi connectivity index (χ1n) is 8.39. The summed E-state index contributed by atoms with van der Waals surface area (Å²) >= 11 is 15.3. The number of hydrogen-bond acceptors (Lipinski definition) is 5. The van der Waals surface area contributed by atoms with Crippen LogP contribution in [0.4, 0.5) is 11.4 Å². The Labute approximate surface area is 181 Å². The zero-order chi connectivity index (χ0) is 19.8. The minimum absolute atomic E-state index is 0.0936. The third-order valence-electron chi connectivity index (χ3n) is 4.23. The smallest absolute Gasteiger partial charge is 0.269 e. The number of halogens is 2. The quantitative estimate of drug-likeness (QED) is 0.417. The molecule has 0 bridgehead atoms. The van der Waals surface area contributed by atoms with Gasteiger partial charge in [-0.05, 0) is 42.1 Å². The number of amides is 1. The van der Waals surface area contributed by atoms with Crippen LogP contribution in [0.5, 0.6) is 0 Å². The van der Waals surface area contributed by atoms with Gasteiger partial charge in [0.2, 0.25) is 0 Å². The monoisotopic (exact) mass is 447 g/mol. The van der Waals surface area contributed by atoms with Gasteiger partial charge in [0.25, 0.3) is 5.91 Å². The molecule has 0 aliphatic carbocycles. The molecule has 0 spiro atoms. The van der Waals surface area contributed by atoms with Crippen LogP contribution in [0, 0.1) is 0 Å². The van der Waals surface area contributed by atoms with Gasteiger partial charge in [-0.15, -0.1) is 6.58 Å². The molecule has 2 heterocycles. The lowest BCUT2D eigenvalue weighted by molar-refractivity contribution is -0.121. The normalized spacial score (nSPS) is 20.2. The molecule has 2 aromatic carbocycles. The van der Waals surface area contributed by atoms with Crippen molar-refractivity contribution < 1.29 is 4.79 Å². The Morgan fingerprint density at radius 1 is 1.18 bits per heavy atom. The number of benzene rings is 2. The van der Waals surface area contributed by atoms with E-state index in [1.165, 1.54) is 11.8 Å². The fourth-order valence-corrected chi connectivity index (χ4v) is 5.54. The van der Waals surface area contributed by atoms with Crippen LogP contribution in [0.15, 0.2) is 74.9 Å². The standard InChI is InChI=1S/C20H15Cl2N3OS2/c1-3-10-25-18(26)17(28-20(25)23-14-7-5-4-6-13(14)22)19-24(2)15-11-12(21)8-9-16(15)27-19/h3-9,11H,1,10H2,2H3. The molecule has 0 N–H and O–H groups in total. The van der Waals surface area contributed by atoms with Gasteiger partial charge in [0, 0.05) is 23.5 Å². The van der Waals surface area contributed by atoms with E-state index in [1.807, 2.05) is 48.3 Å². The summed E-state index contributed by atoms with van der Waals surface area (Å²) in [7, 11) is 1.94. The topological polar surface area (TPSA) is 35.9 Å². The third-order valence-corrected chi connectivity index (χ3v) is 7.22. The highest BCUT2D eigenvalue weighted by Gasteiger charge is 2.38. The largest absolute Gasteiger partial charge is 0.337 e. The first kappa shape index (κ1) is 19.5. The molecule has 2 aliphatic heterocycles. The van der Waals surface area contributed by atoms with Gasteiger partial charge in [-0.1, -0.05) is 53.2 Å². The van der Waals surface area contributed by atoms with Crippen molar-refractivity contribution in [2.24, 2.45) is 4.99 Å². The molecule has 28 heavy (non-hydrogen) atoms. The highest BCUT2D eigenvalue weighted by atomic mass is 35.5. The highest BCUT2D eigenvalue weighted by Crippen LogP contribution is 2.50. The molecule has 1 amide bonds. The molecule has 0 unspecified atom stereocenters. The Morgan fingerprint density at radius 2 is 1.96 bits per heavy atom. The number of nitrogens with zero attached hydrogens (tertiary/aromatic N) is 3. The van der Waals surface area contributed by atoms with Gasteiger partial charge >= 0.3 is 0 Å². The predicted molar refractivity (Wildman–Crippen MR) is 121 cm³/mol. The van der Waals surface area contributed by atoms with Crippen molar-refractivity contribution in [3.63, 3.8) is 0 Å². The summed E-state index contributed by atoms with van der Waals surface area (Å²) in [6, 6.07) is 13.0. The maximum absolute atomic E-state index is 13.2. The van der Waals surface area contributed by atoms with E-state index in [0.29, 0.717) is 32.4 Å². The molecule has 142 valence electrons. The number of aliphatic imine (C=N–C) groups is 1. The van der Waals surface area contributed by atoms with Crippen molar-refractivity contribution in [1.29, 1.82) is 0 Å². The molecule has 8 heteroatoms. The molecular formula is C20H15Cl2N3OS2. The fourth-order valence-electron chi connectivity index (χ4n) is 2.87. The van der Waals surface area contributed by atoms with E-state index in [4.69, 9.17) is 23.2 Å². The van der Waals surface area contributed by atoms with Crippen LogP contribution in [-0.4, -0.2) is 29.6 Å². The Kier molecular flexibility index (Phi) is 5.47. The van der Waals surface area contributed by atoms with Gasteiger partial charge in [0.05, 0.1) is 21.4 Å². The fraction of sp³-hybridized carbons (Fsp3) is 0.100. The van der Waals surface area contributed by atoms with Gasteiger partial charge in [-0.25, -0.2) is 4.99 Å². The summed E-state index contributed by atoms with van der Waals surface area (Å²) < 4.78 is 0. The summed E-state index contributed by atoms with van der Waals surface area (Å²) in [5.74, 6) is -0.0936. The minimum atomic E-state index is -0.0936. The van der Waals surface area contributed by atoms with Gasteiger partial charge < -0.3 is 4.90 Å². The van der Waals surface area contributed by atoms with Crippen molar-refractivity contribution in [2.75, 3.05) is 18.5 Å². The Hall–Kier alpha value is -1.86. The van der Waals surface area contributed by atoms with E-state index in [2.05, 4.69) is 11.6 Å². The molecule has 1 saturated heterocycles. The second-order valence-electron chi connectivity index (χ2n) is 6.06. The number of rotatable bonds is 3. The van der Waals surface area contributed by atoms with Crippen LogP contribution < -0.4 is 4.90 Å². The second kappa shape index (κ2) is 7.87. The minimum Gasteiger partial charge on any atom is -0.337 e. The Morgan fingerprint density at radius 3 is 2.71 bits per heavy atom. The number of carbonyl (C=O) groups excluding carboxylic acids is 1. The average molecular weight is 448 g/mol. The third kappa shape index (κ3) is 3.46. The lowest BCUT2D eigenvalue weighted by Gasteiger charge is -2.15. The molecule has 4 rings (SSSR count). The van der Waals surface area contributed by atoms with E-state index in [-0.39, 0.29) is 5.91 Å². The highest BCUT2D eigenvalue weighted by molar-refractivity contribution is 8.19. The number of fused-ring (bicyclic) bond motifs is 1. The summed E-state index contributed by atoms with van der Waals surface area (Å²) in [6.07, 6.45) is 1.69. The second-order valence-corrected chi connectivity index (χ2v) is 8.91. The van der Waals surface area contributed by atoms with Crippen LogP contribution in [0.3, 0.4) is 0 Å². The van der Waals surface area contributed by atoms with Crippen molar-refractivity contribution in [1.82, 2.24) is 4.90 Å². The molecule has 2 aliphatic rings. The summed E-state index contributed by atoms with van der Waals surface area (Å²) in [5, 5.41) is 2.66. The number of hydrogen-bond donors (Lipinski definition) is 0. The molecule has 0 aromatic heterocycles. The number of amidine groups is 1. The van der Waals surface area contributed by atoms with Crippen LogP contribution in [0.2, 0.25) is 10.0 Å². The molecule has 2 aromatic rings. The first-order valence-corrected chi connectivity index (χ1v) is 10.8. The van der Waals surface area contributed by atoms with E-state index in [0.717, 1.165) is 15.6 Å². The zero-order valence-corrected chi connectivity index (χ0v) is 18.0. The maximum Gasteiger partial charge on any atom is 0.269 e. The lowest BCUT2D eigenvalue weighted by Crippen LogP contribution is -2.29. The number of thioether (sulfide) groups is 2. The van der Waals surface area contributed by atoms with Gasteiger partial charge in [-0.2, -0.15) is 0 Å². The van der Waals surface area contributed by atoms with Crippen molar-refractivity contribution in [3.8, 4) is 0 Å². The summed E-state index contributed by atoms with van der Waals surface area (Å²) in [6.45, 7) is 4.14. The summed E-state index contributed by atoms with van der Waals surface area (Å²) in [4.78, 5) is 23.1. The molecule has 4 nitrogen and oxygen atoms in total. The van der Waals surface area contributed by atoms with E-state index < -0.39 is 0 Å². The first-order chi connectivity index (χ1) is 13.5. The van der Waals surface area contributed by atoms with E-state index in [1.54, 1.807) is 28.8 Å². The van der Waals surface area contributed by atoms with E-state index >= 15 is 0 Å². The number of anilines is 1. The van der Waals surface area contributed by atoms with Crippen molar-refractivity contribution >= 4 is 69.2 Å². The number of carbonyl (C=O) groups is 1. The van der Waals surface area contributed by atoms with Crippen LogP contribution in [0.1, 0.15) is 0 Å². The van der Waals surface area contributed by atoms with Gasteiger partial charge in [0.15, 0.2) is 5.17 Å². The van der Waals surface area contributed by atoms with Crippen molar-refractivity contribution in [3.05, 3.63) is 75.1 Å². The van der Waals surface area contributed by atoms with Gasteiger partial charge in [-0.3, -0.25) is 9.69 Å². The van der Waals surface area contributed by atoms with Crippen LogP contribution >= 0.6 is 46.7 Å². The maximum atomic E-state index is 13.2. The molecule has 1 fully saturated rings. The summed E-state index contributed by atoms with van der Waals surface area (Å²) in [5.41, 5.74) is 1.61. The molecule has 0 saturated carbocycles. The molecule has 0 atom stereocenters. The predicted octanol–water partition coefficient (Wildman–Crippen LogP) is 6.15. The van der Waals surface area contributed by atoms with Crippen molar-refractivity contribution in [2.45, 2.75) is 4.90 Å². The van der Waals surface area contributed by atoms with Crippen LogP contribution in [0.25, 0.3) is 0 Å². The lowest BCUT2D eigenvalue weighted by atomic mass is 10.3. The molecular weight excluding hydrogens is 433 g/mol.